The van der Waals surface area contributed by atoms with Gasteiger partial charge in [-0.3, -0.25) is 4.79 Å². The average Bonchev–Trinajstić information content (AvgIpc) is 2.76. The fraction of sp³-hybridized carbons (Fsp3) is 0.929. The Morgan fingerprint density at radius 1 is 1.41 bits per heavy atom. The zero-order valence-corrected chi connectivity index (χ0v) is 11.2. The van der Waals surface area contributed by atoms with Crippen molar-refractivity contribution in [2.75, 3.05) is 6.54 Å². The Balaban J connectivity index is 1.86. The quantitative estimate of drug-likeness (QED) is 0.791. The van der Waals surface area contributed by atoms with Gasteiger partial charge in [0.15, 0.2) is 0 Å². The maximum absolute atomic E-state index is 12.2. The van der Waals surface area contributed by atoms with Gasteiger partial charge in [-0.05, 0) is 45.1 Å². The molecule has 1 aliphatic carbocycles. The number of amides is 1. The van der Waals surface area contributed by atoms with Crippen LogP contribution in [0.15, 0.2) is 0 Å². The summed E-state index contributed by atoms with van der Waals surface area (Å²) in [7, 11) is 0. The van der Waals surface area contributed by atoms with E-state index in [1.54, 1.807) is 0 Å². The summed E-state index contributed by atoms with van der Waals surface area (Å²) in [5, 5.41) is 6.63. The molecule has 1 saturated heterocycles. The Kier molecular flexibility index (Phi) is 4.08. The number of nitrogens with one attached hydrogen (secondary N) is 2. The summed E-state index contributed by atoms with van der Waals surface area (Å²) >= 11 is 0. The van der Waals surface area contributed by atoms with Crippen molar-refractivity contribution in [3.8, 4) is 0 Å². The molecule has 2 rings (SSSR count). The van der Waals surface area contributed by atoms with Crippen molar-refractivity contribution in [1.82, 2.24) is 10.6 Å². The fourth-order valence-electron chi connectivity index (χ4n) is 3.23. The highest BCUT2D eigenvalue weighted by Crippen LogP contribution is 2.29. The molecule has 2 atom stereocenters. The molecular formula is C14H26N2O. The van der Waals surface area contributed by atoms with E-state index in [4.69, 9.17) is 0 Å². The van der Waals surface area contributed by atoms with Crippen molar-refractivity contribution in [3.05, 3.63) is 0 Å². The zero-order valence-electron chi connectivity index (χ0n) is 11.2. The Morgan fingerprint density at radius 3 is 2.76 bits per heavy atom. The van der Waals surface area contributed by atoms with Crippen LogP contribution in [0.4, 0.5) is 0 Å². The molecule has 2 aliphatic rings. The molecule has 0 spiro atoms. The number of hydrogen-bond acceptors (Lipinski definition) is 2. The summed E-state index contributed by atoms with van der Waals surface area (Å²) in [4.78, 5) is 12.2. The first-order valence-electron chi connectivity index (χ1n) is 7.18. The van der Waals surface area contributed by atoms with Crippen molar-refractivity contribution >= 4 is 5.91 Å². The van der Waals surface area contributed by atoms with Gasteiger partial charge in [0, 0.05) is 5.54 Å². The van der Waals surface area contributed by atoms with Crippen LogP contribution in [0.3, 0.4) is 0 Å². The average molecular weight is 238 g/mol. The predicted molar refractivity (Wildman–Crippen MR) is 69.8 cm³/mol. The lowest BCUT2D eigenvalue weighted by Gasteiger charge is -2.33. The zero-order chi connectivity index (χ0) is 12.3. The van der Waals surface area contributed by atoms with Gasteiger partial charge in [0.05, 0.1) is 6.04 Å². The van der Waals surface area contributed by atoms with Crippen LogP contribution in [0.2, 0.25) is 0 Å². The molecular weight excluding hydrogens is 212 g/mol. The topological polar surface area (TPSA) is 41.1 Å². The fourth-order valence-corrected chi connectivity index (χ4v) is 3.23. The summed E-state index contributed by atoms with van der Waals surface area (Å²) < 4.78 is 0. The second-order valence-electron chi connectivity index (χ2n) is 6.06. The van der Waals surface area contributed by atoms with Crippen LogP contribution < -0.4 is 10.6 Å². The maximum Gasteiger partial charge on any atom is 0.237 e. The lowest BCUT2D eigenvalue weighted by atomic mass is 9.89. The van der Waals surface area contributed by atoms with E-state index in [1.807, 2.05) is 0 Å². The largest absolute Gasteiger partial charge is 0.350 e. The van der Waals surface area contributed by atoms with E-state index >= 15 is 0 Å². The van der Waals surface area contributed by atoms with Crippen molar-refractivity contribution in [3.63, 3.8) is 0 Å². The van der Waals surface area contributed by atoms with E-state index in [9.17, 15) is 4.79 Å². The molecule has 2 unspecified atom stereocenters. The number of rotatable bonds is 3. The highest BCUT2D eigenvalue weighted by atomic mass is 16.2. The first-order chi connectivity index (χ1) is 8.13. The molecule has 0 aromatic carbocycles. The van der Waals surface area contributed by atoms with Gasteiger partial charge < -0.3 is 10.6 Å². The van der Waals surface area contributed by atoms with Crippen LogP contribution in [0, 0.1) is 5.92 Å². The van der Waals surface area contributed by atoms with E-state index in [0.717, 1.165) is 31.7 Å². The summed E-state index contributed by atoms with van der Waals surface area (Å²) in [6.45, 7) is 5.41. The van der Waals surface area contributed by atoms with E-state index in [0.29, 0.717) is 0 Å². The molecule has 2 N–H and O–H groups in total. The van der Waals surface area contributed by atoms with E-state index in [2.05, 4.69) is 24.5 Å². The van der Waals surface area contributed by atoms with E-state index < -0.39 is 0 Å². The Hall–Kier alpha value is -0.570. The van der Waals surface area contributed by atoms with Gasteiger partial charge in [0.2, 0.25) is 5.91 Å². The monoisotopic (exact) mass is 238 g/mol. The first-order valence-corrected chi connectivity index (χ1v) is 7.18. The molecule has 3 heteroatoms. The van der Waals surface area contributed by atoms with Gasteiger partial charge in [-0.15, -0.1) is 0 Å². The summed E-state index contributed by atoms with van der Waals surface area (Å²) in [6, 6.07) is 0.0473. The number of carbonyl (C=O) groups is 1. The predicted octanol–water partition coefficient (Wildman–Crippen LogP) is 2.21. The highest BCUT2D eigenvalue weighted by molar-refractivity contribution is 5.82. The lowest BCUT2D eigenvalue weighted by molar-refractivity contribution is -0.125. The van der Waals surface area contributed by atoms with E-state index in [1.165, 1.54) is 25.7 Å². The Bertz CT molecular complexity index is 271. The molecule has 1 saturated carbocycles. The van der Waals surface area contributed by atoms with Crippen LogP contribution in [-0.4, -0.2) is 24.0 Å². The molecule has 2 fully saturated rings. The molecule has 0 bridgehead atoms. The third kappa shape index (κ3) is 3.21. The van der Waals surface area contributed by atoms with Crippen LogP contribution >= 0.6 is 0 Å². The van der Waals surface area contributed by atoms with Gasteiger partial charge in [-0.2, -0.15) is 0 Å². The second kappa shape index (κ2) is 5.38. The maximum atomic E-state index is 12.2. The van der Waals surface area contributed by atoms with Crippen LogP contribution in [-0.2, 0) is 4.79 Å². The molecule has 1 heterocycles. The molecule has 0 aromatic heterocycles. The van der Waals surface area contributed by atoms with Crippen molar-refractivity contribution in [1.29, 1.82) is 0 Å². The summed E-state index contributed by atoms with van der Waals surface area (Å²) in [5.41, 5.74) is 0.0674. The minimum atomic E-state index is 0.0473. The minimum Gasteiger partial charge on any atom is -0.350 e. The van der Waals surface area contributed by atoms with Crippen LogP contribution in [0.5, 0.6) is 0 Å². The molecule has 0 aromatic rings. The van der Waals surface area contributed by atoms with Crippen LogP contribution in [0.1, 0.15) is 58.8 Å². The molecule has 98 valence electrons. The second-order valence-corrected chi connectivity index (χ2v) is 6.06. The Labute approximate surface area is 105 Å². The van der Waals surface area contributed by atoms with Crippen molar-refractivity contribution < 1.29 is 4.79 Å². The normalized spacial score (nSPS) is 32.4. The van der Waals surface area contributed by atoms with Gasteiger partial charge in [0.25, 0.3) is 0 Å². The third-order valence-corrected chi connectivity index (χ3v) is 4.54. The third-order valence-electron chi connectivity index (χ3n) is 4.54. The molecule has 17 heavy (non-hydrogen) atoms. The number of carbonyl (C=O) groups excluding carboxylic acids is 1. The first kappa shape index (κ1) is 12.9. The van der Waals surface area contributed by atoms with Gasteiger partial charge in [-0.1, -0.05) is 26.2 Å². The lowest BCUT2D eigenvalue weighted by Crippen LogP contribution is -2.54. The molecule has 1 amide bonds. The number of piperidine rings is 1. The molecule has 0 radical (unpaired) electrons. The summed E-state index contributed by atoms with van der Waals surface area (Å²) in [6.07, 6.45) is 8.23. The van der Waals surface area contributed by atoms with Gasteiger partial charge >= 0.3 is 0 Å². The van der Waals surface area contributed by atoms with E-state index in [-0.39, 0.29) is 17.5 Å². The number of hydrogen-bond donors (Lipinski definition) is 2. The molecule has 1 aliphatic heterocycles. The van der Waals surface area contributed by atoms with Gasteiger partial charge in [0.1, 0.15) is 0 Å². The Morgan fingerprint density at radius 2 is 2.12 bits per heavy atom. The minimum absolute atomic E-state index is 0.0473. The molecule has 3 nitrogen and oxygen atoms in total. The summed E-state index contributed by atoms with van der Waals surface area (Å²) in [5.74, 6) is 0.955. The van der Waals surface area contributed by atoms with Gasteiger partial charge in [-0.25, -0.2) is 0 Å². The smallest absolute Gasteiger partial charge is 0.237 e. The van der Waals surface area contributed by atoms with Crippen molar-refractivity contribution in [2.24, 2.45) is 5.92 Å². The highest BCUT2D eigenvalue weighted by Gasteiger charge is 2.33. The standard InChI is InChI=1S/C14H26N2O/c1-3-11-6-9-15-12(10-11)13(17)16-14(2)7-4-5-8-14/h11-12,15H,3-10H2,1-2H3,(H,16,17). The van der Waals surface area contributed by atoms with Crippen molar-refractivity contribution in [2.45, 2.75) is 70.4 Å². The SMILES string of the molecule is CCC1CCNC(C(=O)NC2(C)CCCC2)C1. The van der Waals surface area contributed by atoms with Crippen LogP contribution in [0.25, 0.3) is 0 Å².